The first kappa shape index (κ1) is 20.7. The zero-order valence-corrected chi connectivity index (χ0v) is 12.1. The van der Waals surface area contributed by atoms with E-state index in [1.807, 2.05) is 27.7 Å². The van der Waals surface area contributed by atoms with Gasteiger partial charge in [-0.3, -0.25) is 0 Å². The van der Waals surface area contributed by atoms with Crippen molar-refractivity contribution in [3.05, 3.63) is 0 Å². The number of hydrogen-bond acceptors (Lipinski definition) is 2. The van der Waals surface area contributed by atoms with Gasteiger partial charge >= 0.3 is 0 Å². The summed E-state index contributed by atoms with van der Waals surface area (Å²) in [5.41, 5.74) is 0. The Hall–Kier alpha value is -0.660. The summed E-state index contributed by atoms with van der Waals surface area (Å²) in [5, 5.41) is 6.00. The van der Waals surface area contributed by atoms with Crippen LogP contribution in [0.1, 0.15) is 73.1 Å². The van der Waals surface area contributed by atoms with Gasteiger partial charge in [-0.1, -0.05) is 73.1 Å². The van der Waals surface area contributed by atoms with Crippen LogP contribution in [-0.4, -0.2) is 13.4 Å². The molecule has 16 heavy (non-hydrogen) atoms. The Bertz CT molecular complexity index is 110. The maximum atomic E-state index is 3.00. The van der Waals surface area contributed by atoms with Gasteiger partial charge in [-0.2, -0.15) is 10.2 Å². The van der Waals surface area contributed by atoms with Crippen molar-refractivity contribution in [1.29, 1.82) is 0 Å². The average Bonchev–Trinajstić information content (AvgIpc) is 2.44. The van der Waals surface area contributed by atoms with Crippen LogP contribution in [0.25, 0.3) is 0 Å². The summed E-state index contributed by atoms with van der Waals surface area (Å²) in [6.45, 7) is 16.3. The second-order valence-corrected chi connectivity index (χ2v) is 3.20. The van der Waals surface area contributed by atoms with E-state index in [9.17, 15) is 0 Å². The largest absolute Gasteiger partial charge is 0.168 e. The van der Waals surface area contributed by atoms with Crippen LogP contribution in [0.3, 0.4) is 0 Å². The summed E-state index contributed by atoms with van der Waals surface area (Å²) < 4.78 is 0. The molecular formula is C14H32N2. The summed E-state index contributed by atoms with van der Waals surface area (Å²) in [4.78, 5) is 0. The van der Waals surface area contributed by atoms with Gasteiger partial charge in [0.15, 0.2) is 0 Å². The molecule has 0 aromatic carbocycles. The fourth-order valence-corrected chi connectivity index (χ4v) is 1.60. The minimum atomic E-state index is 1.09. The minimum Gasteiger partial charge on any atom is -0.168 e. The molecular weight excluding hydrogens is 196 g/mol. The van der Waals surface area contributed by atoms with Gasteiger partial charge in [-0.15, -0.1) is 0 Å². The first-order valence-corrected chi connectivity index (χ1v) is 6.76. The van der Waals surface area contributed by atoms with E-state index in [2.05, 4.69) is 30.6 Å². The van der Waals surface area contributed by atoms with E-state index in [4.69, 9.17) is 0 Å². The SMILES string of the molecule is C=NN=C.CC.CC.CCC1CCCCC1. The maximum absolute atomic E-state index is 3.00. The van der Waals surface area contributed by atoms with E-state index >= 15 is 0 Å². The van der Waals surface area contributed by atoms with Crippen LogP contribution in [0.15, 0.2) is 10.2 Å². The van der Waals surface area contributed by atoms with Crippen molar-refractivity contribution >= 4 is 13.4 Å². The van der Waals surface area contributed by atoms with Gasteiger partial charge in [-0.25, -0.2) is 0 Å². The third kappa shape index (κ3) is 19.0. The molecule has 1 aliphatic carbocycles. The molecule has 2 heteroatoms. The fraction of sp³-hybridized carbons (Fsp3) is 0.857. The van der Waals surface area contributed by atoms with E-state index in [1.165, 1.54) is 38.5 Å². The van der Waals surface area contributed by atoms with Crippen LogP contribution in [-0.2, 0) is 0 Å². The molecule has 0 aromatic heterocycles. The molecule has 0 N–H and O–H groups in total. The second-order valence-electron chi connectivity index (χ2n) is 3.20. The summed E-state index contributed by atoms with van der Waals surface area (Å²) in [6.07, 6.45) is 8.93. The van der Waals surface area contributed by atoms with Crippen molar-refractivity contribution in [1.82, 2.24) is 0 Å². The Morgan fingerprint density at radius 3 is 1.44 bits per heavy atom. The molecule has 0 aliphatic heterocycles. The van der Waals surface area contributed by atoms with E-state index in [1.54, 1.807) is 0 Å². The van der Waals surface area contributed by atoms with Crippen LogP contribution in [0.4, 0.5) is 0 Å². The standard InChI is InChI=1S/C8H16.C2H4N2.2C2H6/c1-2-8-6-4-3-5-7-8;1-3-4-2;2*1-2/h8H,2-7H2,1H3;1-2H2;2*1-2H3. The Kier molecular flexibility index (Phi) is 30.9. The van der Waals surface area contributed by atoms with Crippen LogP contribution in [0, 0.1) is 5.92 Å². The lowest BCUT2D eigenvalue weighted by Crippen LogP contribution is -2.03. The van der Waals surface area contributed by atoms with Crippen molar-refractivity contribution in [3.8, 4) is 0 Å². The molecule has 0 unspecified atom stereocenters. The van der Waals surface area contributed by atoms with E-state index < -0.39 is 0 Å². The van der Waals surface area contributed by atoms with Crippen molar-refractivity contribution in [2.24, 2.45) is 16.1 Å². The summed E-state index contributed by atoms with van der Waals surface area (Å²) in [5.74, 6) is 1.09. The lowest BCUT2D eigenvalue weighted by atomic mass is 9.88. The van der Waals surface area contributed by atoms with Gasteiger partial charge in [0.2, 0.25) is 0 Å². The molecule has 0 spiro atoms. The zero-order chi connectivity index (χ0) is 13.2. The number of hydrogen-bond donors (Lipinski definition) is 0. The van der Waals surface area contributed by atoms with Crippen LogP contribution >= 0.6 is 0 Å². The molecule has 1 rings (SSSR count). The minimum absolute atomic E-state index is 1.09. The highest BCUT2D eigenvalue weighted by molar-refractivity contribution is 5.28. The van der Waals surface area contributed by atoms with E-state index in [0.29, 0.717) is 0 Å². The summed E-state index contributed by atoms with van der Waals surface area (Å²) >= 11 is 0. The Morgan fingerprint density at radius 1 is 0.875 bits per heavy atom. The zero-order valence-electron chi connectivity index (χ0n) is 12.1. The molecule has 1 saturated carbocycles. The first-order chi connectivity index (χ1) is 7.85. The molecule has 0 atom stereocenters. The molecule has 0 aromatic rings. The van der Waals surface area contributed by atoms with Gasteiger partial charge in [0, 0.05) is 13.4 Å². The van der Waals surface area contributed by atoms with Crippen molar-refractivity contribution in [2.75, 3.05) is 0 Å². The molecule has 1 aliphatic rings. The smallest absolute Gasteiger partial charge is 0.0132 e. The number of nitrogens with zero attached hydrogens (tertiary/aromatic N) is 2. The topological polar surface area (TPSA) is 24.7 Å². The van der Waals surface area contributed by atoms with Gasteiger partial charge < -0.3 is 0 Å². The average molecular weight is 228 g/mol. The fourth-order valence-electron chi connectivity index (χ4n) is 1.60. The van der Waals surface area contributed by atoms with Crippen molar-refractivity contribution in [2.45, 2.75) is 73.1 Å². The lowest BCUT2D eigenvalue weighted by Gasteiger charge is -2.18. The predicted molar refractivity (Wildman–Crippen MR) is 78.7 cm³/mol. The van der Waals surface area contributed by atoms with Gasteiger partial charge in [0.25, 0.3) is 0 Å². The monoisotopic (exact) mass is 228 g/mol. The predicted octanol–water partition coefficient (Wildman–Crippen LogP) is 5.33. The molecule has 0 amide bonds. The Balaban J connectivity index is -0.000000181. The number of rotatable bonds is 2. The summed E-state index contributed by atoms with van der Waals surface area (Å²) in [7, 11) is 0. The highest BCUT2D eigenvalue weighted by atomic mass is 15.2. The van der Waals surface area contributed by atoms with E-state index in [-0.39, 0.29) is 0 Å². The molecule has 2 nitrogen and oxygen atoms in total. The Morgan fingerprint density at radius 2 is 1.25 bits per heavy atom. The maximum Gasteiger partial charge on any atom is 0.0132 e. The van der Waals surface area contributed by atoms with Crippen LogP contribution < -0.4 is 0 Å². The van der Waals surface area contributed by atoms with Gasteiger partial charge in [-0.05, 0) is 5.92 Å². The lowest BCUT2D eigenvalue weighted by molar-refractivity contribution is 0.349. The Labute approximate surface area is 103 Å². The van der Waals surface area contributed by atoms with E-state index in [0.717, 1.165) is 5.92 Å². The first-order valence-electron chi connectivity index (χ1n) is 6.76. The molecule has 1 fully saturated rings. The van der Waals surface area contributed by atoms with Gasteiger partial charge in [0.1, 0.15) is 0 Å². The highest BCUT2D eigenvalue weighted by Gasteiger charge is 2.09. The molecule has 0 radical (unpaired) electrons. The van der Waals surface area contributed by atoms with Crippen molar-refractivity contribution < 1.29 is 0 Å². The quantitative estimate of drug-likeness (QED) is 0.451. The van der Waals surface area contributed by atoms with Crippen LogP contribution in [0.5, 0.6) is 0 Å². The van der Waals surface area contributed by atoms with Crippen LogP contribution in [0.2, 0.25) is 0 Å². The summed E-state index contributed by atoms with van der Waals surface area (Å²) in [6, 6.07) is 0. The van der Waals surface area contributed by atoms with Gasteiger partial charge in [0.05, 0.1) is 0 Å². The molecule has 98 valence electrons. The molecule has 0 saturated heterocycles. The molecule has 0 heterocycles. The third-order valence-corrected chi connectivity index (χ3v) is 2.40. The van der Waals surface area contributed by atoms with Crippen molar-refractivity contribution in [3.63, 3.8) is 0 Å². The molecule has 0 bridgehead atoms. The second kappa shape index (κ2) is 23.9. The normalized spacial score (nSPS) is 13.8. The highest BCUT2D eigenvalue weighted by Crippen LogP contribution is 2.25. The third-order valence-electron chi connectivity index (χ3n) is 2.40.